The first-order valence-electron chi connectivity index (χ1n) is 7.19. The number of ether oxygens (including phenoxy) is 2. The van der Waals surface area contributed by atoms with E-state index in [0.717, 1.165) is 6.42 Å². The molecule has 1 unspecified atom stereocenters. The maximum Gasteiger partial charge on any atom is 0.260 e. The summed E-state index contributed by atoms with van der Waals surface area (Å²) in [7, 11) is 0. The molecule has 2 aromatic rings. The first-order chi connectivity index (χ1) is 10.8. The van der Waals surface area contributed by atoms with Crippen molar-refractivity contribution in [3.8, 4) is 11.6 Å². The van der Waals surface area contributed by atoms with Crippen LogP contribution in [0.15, 0.2) is 48.9 Å². The minimum absolute atomic E-state index is 0.0300. The second-order valence-corrected chi connectivity index (χ2v) is 5.02. The Bertz CT molecular complexity index is 607. The van der Waals surface area contributed by atoms with E-state index in [1.807, 2.05) is 30.3 Å². The van der Waals surface area contributed by atoms with E-state index < -0.39 is 0 Å². The van der Waals surface area contributed by atoms with Gasteiger partial charge in [0.05, 0.1) is 6.54 Å². The Balaban J connectivity index is 1.46. The lowest BCUT2D eigenvalue weighted by molar-refractivity contribution is -0.132. The third-order valence-corrected chi connectivity index (χ3v) is 3.45. The molecule has 2 heterocycles. The molecule has 3 rings (SSSR count). The van der Waals surface area contributed by atoms with E-state index in [0.29, 0.717) is 24.7 Å². The van der Waals surface area contributed by atoms with Gasteiger partial charge in [0.25, 0.3) is 5.91 Å². The highest BCUT2D eigenvalue weighted by atomic mass is 16.5. The molecular formula is C16H17N3O3. The summed E-state index contributed by atoms with van der Waals surface area (Å²) < 4.78 is 11.2. The zero-order valence-electron chi connectivity index (χ0n) is 12.1. The predicted octanol–water partition coefficient (Wildman–Crippen LogP) is 1.54. The Morgan fingerprint density at radius 2 is 2.14 bits per heavy atom. The predicted molar refractivity (Wildman–Crippen MR) is 79.6 cm³/mol. The molecule has 22 heavy (non-hydrogen) atoms. The fourth-order valence-electron chi connectivity index (χ4n) is 2.32. The summed E-state index contributed by atoms with van der Waals surface area (Å²) in [6.45, 7) is 1.28. The van der Waals surface area contributed by atoms with E-state index in [9.17, 15) is 4.79 Å². The summed E-state index contributed by atoms with van der Waals surface area (Å²) >= 11 is 0. The van der Waals surface area contributed by atoms with Gasteiger partial charge in [0.2, 0.25) is 5.88 Å². The number of aromatic nitrogens is 2. The minimum atomic E-state index is -0.0319. The van der Waals surface area contributed by atoms with Crippen LogP contribution in [0.2, 0.25) is 0 Å². The van der Waals surface area contributed by atoms with E-state index in [2.05, 4.69) is 9.97 Å². The fourth-order valence-corrected chi connectivity index (χ4v) is 2.32. The first-order valence-corrected chi connectivity index (χ1v) is 7.19. The lowest BCUT2D eigenvalue weighted by Crippen LogP contribution is -2.34. The summed E-state index contributed by atoms with van der Waals surface area (Å²) in [6.07, 6.45) is 3.84. The SMILES string of the molecule is O=C(COc1ccccc1)N1CCC(Oc2ccncn2)C1. The third-order valence-electron chi connectivity index (χ3n) is 3.45. The highest BCUT2D eigenvalue weighted by molar-refractivity contribution is 5.78. The Labute approximate surface area is 128 Å². The second kappa shape index (κ2) is 6.89. The Morgan fingerprint density at radius 3 is 2.91 bits per heavy atom. The van der Waals surface area contributed by atoms with Gasteiger partial charge in [-0.2, -0.15) is 0 Å². The summed E-state index contributed by atoms with van der Waals surface area (Å²) in [6, 6.07) is 11.0. The van der Waals surface area contributed by atoms with Crippen LogP contribution in [0.5, 0.6) is 11.6 Å². The van der Waals surface area contributed by atoms with Gasteiger partial charge in [-0.3, -0.25) is 4.79 Å². The molecule has 0 radical (unpaired) electrons. The van der Waals surface area contributed by atoms with Crippen molar-refractivity contribution < 1.29 is 14.3 Å². The second-order valence-electron chi connectivity index (χ2n) is 5.02. The summed E-state index contributed by atoms with van der Waals surface area (Å²) in [5.74, 6) is 1.20. The van der Waals surface area contributed by atoms with Crippen LogP contribution in [-0.4, -0.2) is 46.6 Å². The standard InChI is InChI=1S/C16H17N3O3/c20-16(11-21-13-4-2-1-3-5-13)19-9-7-14(10-19)22-15-6-8-17-12-18-15/h1-6,8,12,14H,7,9-11H2. The summed E-state index contributed by atoms with van der Waals surface area (Å²) in [4.78, 5) is 21.8. The molecule has 1 atom stereocenters. The fraction of sp³-hybridized carbons (Fsp3) is 0.312. The molecular weight excluding hydrogens is 282 g/mol. The Hall–Kier alpha value is -2.63. The molecule has 1 aromatic heterocycles. The van der Waals surface area contributed by atoms with Crippen LogP contribution in [-0.2, 0) is 4.79 Å². The molecule has 1 aliphatic heterocycles. The molecule has 0 bridgehead atoms. The lowest BCUT2D eigenvalue weighted by atomic mass is 10.3. The molecule has 1 aliphatic rings. The average Bonchev–Trinajstić information content (AvgIpc) is 3.03. The third kappa shape index (κ3) is 3.72. The van der Waals surface area contributed by atoms with Gasteiger partial charge in [-0.05, 0) is 12.1 Å². The molecule has 0 N–H and O–H groups in total. The van der Waals surface area contributed by atoms with E-state index in [-0.39, 0.29) is 18.6 Å². The molecule has 114 valence electrons. The zero-order valence-corrected chi connectivity index (χ0v) is 12.1. The number of amides is 1. The maximum absolute atomic E-state index is 12.1. The smallest absolute Gasteiger partial charge is 0.260 e. The van der Waals surface area contributed by atoms with Crippen LogP contribution in [0.25, 0.3) is 0 Å². The molecule has 1 fully saturated rings. The quantitative estimate of drug-likeness (QED) is 0.838. The number of hydrogen-bond acceptors (Lipinski definition) is 5. The molecule has 0 spiro atoms. The number of rotatable bonds is 5. The van der Waals surface area contributed by atoms with Crippen molar-refractivity contribution in [2.75, 3.05) is 19.7 Å². The largest absolute Gasteiger partial charge is 0.484 e. The van der Waals surface area contributed by atoms with Crippen molar-refractivity contribution >= 4 is 5.91 Å². The molecule has 0 aliphatic carbocycles. The van der Waals surface area contributed by atoms with Gasteiger partial charge < -0.3 is 14.4 Å². The Morgan fingerprint density at radius 1 is 1.27 bits per heavy atom. The van der Waals surface area contributed by atoms with Crippen molar-refractivity contribution in [2.24, 2.45) is 0 Å². The van der Waals surface area contributed by atoms with Gasteiger partial charge in [-0.1, -0.05) is 18.2 Å². The number of likely N-dealkylation sites (tertiary alicyclic amines) is 1. The van der Waals surface area contributed by atoms with E-state index in [4.69, 9.17) is 9.47 Å². The normalized spacial score (nSPS) is 17.3. The highest BCUT2D eigenvalue weighted by Gasteiger charge is 2.28. The molecule has 1 saturated heterocycles. The van der Waals surface area contributed by atoms with Crippen LogP contribution in [0.1, 0.15) is 6.42 Å². The van der Waals surface area contributed by atoms with Crippen molar-refractivity contribution in [3.05, 3.63) is 48.9 Å². The van der Waals surface area contributed by atoms with Crippen LogP contribution >= 0.6 is 0 Å². The molecule has 1 aromatic carbocycles. The van der Waals surface area contributed by atoms with Crippen LogP contribution in [0.3, 0.4) is 0 Å². The zero-order chi connectivity index (χ0) is 15.2. The minimum Gasteiger partial charge on any atom is -0.484 e. The summed E-state index contributed by atoms with van der Waals surface area (Å²) in [5.41, 5.74) is 0. The first kappa shape index (κ1) is 14.3. The molecule has 1 amide bonds. The van der Waals surface area contributed by atoms with Crippen LogP contribution in [0, 0.1) is 0 Å². The Kier molecular flexibility index (Phi) is 4.48. The van der Waals surface area contributed by atoms with Gasteiger partial charge in [-0.15, -0.1) is 0 Å². The number of benzene rings is 1. The summed E-state index contributed by atoms with van der Waals surface area (Å²) in [5, 5.41) is 0. The molecule has 0 saturated carbocycles. The number of carbonyl (C=O) groups excluding carboxylic acids is 1. The van der Waals surface area contributed by atoms with Crippen LogP contribution in [0.4, 0.5) is 0 Å². The van der Waals surface area contributed by atoms with Gasteiger partial charge in [0.15, 0.2) is 6.61 Å². The lowest BCUT2D eigenvalue weighted by Gasteiger charge is -2.17. The van der Waals surface area contributed by atoms with Crippen molar-refractivity contribution in [3.63, 3.8) is 0 Å². The van der Waals surface area contributed by atoms with E-state index >= 15 is 0 Å². The number of para-hydroxylation sites is 1. The van der Waals surface area contributed by atoms with Gasteiger partial charge in [0.1, 0.15) is 18.2 Å². The molecule has 6 heteroatoms. The van der Waals surface area contributed by atoms with Crippen LogP contribution < -0.4 is 9.47 Å². The highest BCUT2D eigenvalue weighted by Crippen LogP contribution is 2.16. The van der Waals surface area contributed by atoms with Crippen molar-refractivity contribution in [1.29, 1.82) is 0 Å². The average molecular weight is 299 g/mol. The van der Waals surface area contributed by atoms with Gasteiger partial charge in [0, 0.05) is 25.2 Å². The molecule has 6 nitrogen and oxygen atoms in total. The van der Waals surface area contributed by atoms with Crippen molar-refractivity contribution in [2.45, 2.75) is 12.5 Å². The van der Waals surface area contributed by atoms with E-state index in [1.54, 1.807) is 17.2 Å². The maximum atomic E-state index is 12.1. The number of hydrogen-bond donors (Lipinski definition) is 0. The monoisotopic (exact) mass is 299 g/mol. The van der Waals surface area contributed by atoms with E-state index in [1.165, 1.54) is 6.33 Å². The topological polar surface area (TPSA) is 64.5 Å². The van der Waals surface area contributed by atoms with Gasteiger partial charge >= 0.3 is 0 Å². The van der Waals surface area contributed by atoms with Crippen molar-refractivity contribution in [1.82, 2.24) is 14.9 Å². The van der Waals surface area contributed by atoms with Gasteiger partial charge in [-0.25, -0.2) is 9.97 Å². The number of nitrogens with zero attached hydrogens (tertiary/aromatic N) is 3. The number of carbonyl (C=O) groups is 1.